The number of aryl methyl sites for hydroxylation is 2. The molecule has 0 heterocycles. The Labute approximate surface area is 100 Å². The van der Waals surface area contributed by atoms with Crippen LogP contribution in [-0.4, -0.2) is 26.2 Å². The highest BCUT2D eigenvalue weighted by atomic mass is 35.5. The summed E-state index contributed by atoms with van der Waals surface area (Å²) in [6, 6.07) is 3.30. The van der Waals surface area contributed by atoms with Crippen molar-refractivity contribution in [3.8, 4) is 0 Å². The fourth-order valence-electron chi connectivity index (χ4n) is 1.40. The summed E-state index contributed by atoms with van der Waals surface area (Å²) in [7, 11) is -3.29. The van der Waals surface area contributed by atoms with Crippen LogP contribution in [0, 0.1) is 13.8 Å². The molecule has 0 aliphatic rings. The highest BCUT2D eigenvalue weighted by Gasteiger charge is 2.16. The molecule has 0 aliphatic carbocycles. The van der Waals surface area contributed by atoms with Gasteiger partial charge in [0.15, 0.2) is 15.6 Å². The predicted octanol–water partition coefficient (Wildman–Crippen LogP) is 2.18. The molecular formula is C11H13ClO3S. The van der Waals surface area contributed by atoms with Gasteiger partial charge in [-0.15, -0.1) is 0 Å². The van der Waals surface area contributed by atoms with Crippen molar-refractivity contribution in [1.82, 2.24) is 0 Å². The van der Waals surface area contributed by atoms with Gasteiger partial charge in [-0.25, -0.2) is 8.42 Å². The zero-order chi connectivity index (χ0) is 12.5. The second-order valence-electron chi connectivity index (χ2n) is 3.91. The maximum Gasteiger partial charge on any atom is 0.178 e. The van der Waals surface area contributed by atoms with Gasteiger partial charge in [-0.3, -0.25) is 4.79 Å². The van der Waals surface area contributed by atoms with Gasteiger partial charge >= 0.3 is 0 Å². The normalized spacial score (nSPS) is 11.5. The summed E-state index contributed by atoms with van der Waals surface area (Å²) in [5.41, 5.74) is 1.89. The summed E-state index contributed by atoms with van der Waals surface area (Å²) >= 11 is 5.89. The smallest absolute Gasteiger partial charge is 0.178 e. The average molecular weight is 261 g/mol. The third kappa shape index (κ3) is 3.32. The summed E-state index contributed by atoms with van der Waals surface area (Å²) in [5, 5.41) is 0.577. The van der Waals surface area contributed by atoms with Gasteiger partial charge in [0.05, 0.1) is 0 Å². The Morgan fingerprint density at radius 3 is 2.31 bits per heavy atom. The molecule has 0 atom stereocenters. The van der Waals surface area contributed by atoms with Crippen molar-refractivity contribution in [2.45, 2.75) is 13.8 Å². The summed E-state index contributed by atoms with van der Waals surface area (Å²) in [5.74, 6) is -0.852. The van der Waals surface area contributed by atoms with E-state index in [1.165, 1.54) is 0 Å². The van der Waals surface area contributed by atoms with Crippen molar-refractivity contribution in [3.05, 3.63) is 33.8 Å². The Morgan fingerprint density at radius 1 is 1.25 bits per heavy atom. The standard InChI is InChI=1S/C11H13ClO3S/c1-7-5-10(12)8(2)4-9(7)11(13)6-16(3,14)15/h4-5H,6H2,1-3H3. The highest BCUT2D eigenvalue weighted by molar-refractivity contribution is 7.91. The lowest BCUT2D eigenvalue weighted by Crippen LogP contribution is -2.15. The molecule has 0 amide bonds. The zero-order valence-corrected chi connectivity index (χ0v) is 10.9. The van der Waals surface area contributed by atoms with Gasteiger partial charge < -0.3 is 0 Å². The van der Waals surface area contributed by atoms with Crippen LogP contribution in [0.2, 0.25) is 5.02 Å². The molecule has 0 aliphatic heterocycles. The second-order valence-corrected chi connectivity index (χ2v) is 6.46. The minimum atomic E-state index is -3.29. The SMILES string of the molecule is Cc1cc(C(=O)CS(C)(=O)=O)c(C)cc1Cl. The number of Topliss-reactive ketones (excluding diaryl/α,β-unsaturated/α-hetero) is 1. The van der Waals surface area contributed by atoms with E-state index < -0.39 is 15.6 Å². The van der Waals surface area contributed by atoms with E-state index in [1.807, 2.05) is 0 Å². The summed E-state index contributed by atoms with van der Waals surface area (Å²) in [4.78, 5) is 11.7. The first-order valence-corrected chi connectivity index (χ1v) is 7.12. The molecular weight excluding hydrogens is 248 g/mol. The van der Waals surface area contributed by atoms with E-state index in [-0.39, 0.29) is 5.78 Å². The predicted molar refractivity (Wildman–Crippen MR) is 65.0 cm³/mol. The van der Waals surface area contributed by atoms with Crippen LogP contribution in [0.4, 0.5) is 0 Å². The number of halogens is 1. The Morgan fingerprint density at radius 2 is 1.81 bits per heavy atom. The molecule has 0 saturated carbocycles. The molecule has 0 bridgehead atoms. The lowest BCUT2D eigenvalue weighted by molar-refractivity contribution is 0.102. The zero-order valence-electron chi connectivity index (χ0n) is 9.37. The third-order valence-corrected chi connectivity index (χ3v) is 3.39. The number of benzene rings is 1. The molecule has 0 saturated heterocycles. The van der Waals surface area contributed by atoms with Gasteiger partial charge in [0, 0.05) is 16.8 Å². The van der Waals surface area contributed by atoms with Gasteiger partial charge in [0.1, 0.15) is 5.75 Å². The minimum absolute atomic E-state index is 0.389. The first-order valence-electron chi connectivity index (χ1n) is 4.68. The Hall–Kier alpha value is -0.870. The molecule has 88 valence electrons. The monoisotopic (exact) mass is 260 g/mol. The van der Waals surface area contributed by atoms with E-state index >= 15 is 0 Å². The Balaban J connectivity index is 3.15. The largest absolute Gasteiger partial charge is 0.293 e. The van der Waals surface area contributed by atoms with Gasteiger partial charge in [0.2, 0.25) is 0 Å². The van der Waals surface area contributed by atoms with Crippen molar-refractivity contribution >= 4 is 27.2 Å². The maximum atomic E-state index is 11.7. The van der Waals surface area contributed by atoms with Crippen LogP contribution < -0.4 is 0 Å². The molecule has 0 radical (unpaired) electrons. The van der Waals surface area contributed by atoms with E-state index in [0.29, 0.717) is 16.1 Å². The van der Waals surface area contributed by atoms with Crippen LogP contribution in [0.1, 0.15) is 21.5 Å². The quantitative estimate of drug-likeness (QED) is 0.783. The molecule has 0 aromatic heterocycles. The summed E-state index contributed by atoms with van der Waals surface area (Å²) < 4.78 is 22.1. The van der Waals surface area contributed by atoms with Crippen molar-refractivity contribution in [2.75, 3.05) is 12.0 Å². The van der Waals surface area contributed by atoms with Crippen molar-refractivity contribution in [2.24, 2.45) is 0 Å². The topological polar surface area (TPSA) is 51.2 Å². The van der Waals surface area contributed by atoms with Gasteiger partial charge in [0.25, 0.3) is 0 Å². The van der Waals surface area contributed by atoms with Crippen LogP contribution in [0.15, 0.2) is 12.1 Å². The van der Waals surface area contributed by atoms with Crippen LogP contribution >= 0.6 is 11.6 Å². The first kappa shape index (κ1) is 13.2. The third-order valence-electron chi connectivity index (χ3n) is 2.20. The molecule has 0 N–H and O–H groups in total. The maximum absolute atomic E-state index is 11.7. The van der Waals surface area contributed by atoms with Crippen LogP contribution in [-0.2, 0) is 9.84 Å². The van der Waals surface area contributed by atoms with Crippen molar-refractivity contribution < 1.29 is 13.2 Å². The van der Waals surface area contributed by atoms with Crippen LogP contribution in [0.5, 0.6) is 0 Å². The Kier molecular flexibility index (Phi) is 3.76. The number of sulfone groups is 1. The van der Waals surface area contributed by atoms with Gasteiger partial charge in [-0.1, -0.05) is 11.6 Å². The van der Waals surface area contributed by atoms with Crippen molar-refractivity contribution in [3.63, 3.8) is 0 Å². The molecule has 0 spiro atoms. The molecule has 5 heteroatoms. The molecule has 16 heavy (non-hydrogen) atoms. The van der Waals surface area contributed by atoms with Gasteiger partial charge in [-0.05, 0) is 37.1 Å². The van der Waals surface area contributed by atoms with E-state index in [2.05, 4.69) is 0 Å². The number of rotatable bonds is 3. The fourth-order valence-corrected chi connectivity index (χ4v) is 2.25. The molecule has 1 aromatic rings. The molecule has 0 unspecified atom stereocenters. The highest BCUT2D eigenvalue weighted by Crippen LogP contribution is 2.21. The molecule has 3 nitrogen and oxygen atoms in total. The number of carbonyl (C=O) groups is 1. The van der Waals surface area contributed by atoms with Crippen LogP contribution in [0.25, 0.3) is 0 Å². The number of carbonyl (C=O) groups excluding carboxylic acids is 1. The van der Waals surface area contributed by atoms with Gasteiger partial charge in [-0.2, -0.15) is 0 Å². The molecule has 1 aromatic carbocycles. The van der Waals surface area contributed by atoms with Crippen LogP contribution in [0.3, 0.4) is 0 Å². The number of hydrogen-bond donors (Lipinski definition) is 0. The first-order chi connectivity index (χ1) is 7.20. The average Bonchev–Trinajstić information content (AvgIpc) is 2.08. The van der Waals surface area contributed by atoms with E-state index in [0.717, 1.165) is 11.8 Å². The number of ketones is 1. The van der Waals surface area contributed by atoms with E-state index in [9.17, 15) is 13.2 Å². The fraction of sp³-hybridized carbons (Fsp3) is 0.364. The van der Waals surface area contributed by atoms with E-state index in [1.54, 1.807) is 26.0 Å². The summed E-state index contributed by atoms with van der Waals surface area (Å²) in [6.45, 7) is 3.51. The van der Waals surface area contributed by atoms with Crippen molar-refractivity contribution in [1.29, 1.82) is 0 Å². The lowest BCUT2D eigenvalue weighted by Gasteiger charge is -2.07. The lowest BCUT2D eigenvalue weighted by atomic mass is 10.0. The number of hydrogen-bond acceptors (Lipinski definition) is 3. The molecule has 0 fully saturated rings. The summed E-state index contributed by atoms with van der Waals surface area (Å²) in [6.07, 6.45) is 1.04. The Bertz CT molecular complexity index is 532. The van der Waals surface area contributed by atoms with E-state index in [4.69, 9.17) is 11.6 Å². The second kappa shape index (κ2) is 4.55. The minimum Gasteiger partial charge on any atom is -0.293 e. The molecule has 1 rings (SSSR count).